The molecule has 0 radical (unpaired) electrons. The lowest BCUT2D eigenvalue weighted by atomic mass is 10.0. The number of ether oxygens (including phenoxy) is 1. The quantitative estimate of drug-likeness (QED) is 0.848. The molecule has 1 aliphatic heterocycles. The Bertz CT molecular complexity index is 823. The monoisotopic (exact) mass is 330 g/mol. The summed E-state index contributed by atoms with van der Waals surface area (Å²) in [6.07, 6.45) is 0. The van der Waals surface area contributed by atoms with Gasteiger partial charge in [0.2, 0.25) is 0 Å². The van der Waals surface area contributed by atoms with Crippen LogP contribution in [0.4, 0.5) is 9.18 Å². The van der Waals surface area contributed by atoms with Gasteiger partial charge in [-0.15, -0.1) is 0 Å². The van der Waals surface area contributed by atoms with E-state index in [1.54, 1.807) is 31.2 Å². The van der Waals surface area contributed by atoms with Crippen molar-refractivity contribution in [3.8, 4) is 11.3 Å². The second kappa shape index (κ2) is 6.19. The first-order valence-corrected chi connectivity index (χ1v) is 7.22. The van der Waals surface area contributed by atoms with E-state index < -0.39 is 18.0 Å². The Morgan fingerprint density at radius 2 is 1.92 bits per heavy atom. The first-order valence-electron chi connectivity index (χ1n) is 7.22. The topological polar surface area (TPSA) is 80.6 Å². The highest BCUT2D eigenvalue weighted by atomic mass is 19.1. The Hall–Kier alpha value is -3.09. The van der Waals surface area contributed by atoms with E-state index in [2.05, 4.69) is 10.6 Å². The number of rotatable bonds is 3. The molecule has 2 amide bonds. The summed E-state index contributed by atoms with van der Waals surface area (Å²) in [5.74, 6) is -0.0315. The molecule has 2 N–H and O–H groups in total. The number of hydrogen-bond donors (Lipinski definition) is 2. The number of urea groups is 1. The third kappa shape index (κ3) is 2.88. The summed E-state index contributed by atoms with van der Waals surface area (Å²) in [6, 6.07) is 7.97. The van der Waals surface area contributed by atoms with E-state index in [0.717, 1.165) is 0 Å². The minimum atomic E-state index is -0.764. The van der Waals surface area contributed by atoms with Crippen LogP contribution in [0.1, 0.15) is 18.7 Å². The maximum Gasteiger partial charge on any atom is 0.338 e. The van der Waals surface area contributed by atoms with Gasteiger partial charge in [0.15, 0.2) is 0 Å². The highest BCUT2D eigenvalue weighted by Gasteiger charge is 2.33. The van der Waals surface area contributed by atoms with Crippen LogP contribution < -0.4 is 10.6 Å². The van der Waals surface area contributed by atoms with Gasteiger partial charge in [0, 0.05) is 11.3 Å². The third-order valence-electron chi connectivity index (χ3n) is 3.71. The van der Waals surface area contributed by atoms with Gasteiger partial charge >= 0.3 is 12.0 Å². The van der Waals surface area contributed by atoms with E-state index in [9.17, 15) is 14.0 Å². The number of nitrogens with one attached hydrogen (secondary N) is 2. The van der Waals surface area contributed by atoms with Crippen LogP contribution in [0.2, 0.25) is 0 Å². The number of hydrogen-bond acceptors (Lipinski definition) is 4. The van der Waals surface area contributed by atoms with Gasteiger partial charge in [-0.25, -0.2) is 14.0 Å². The molecule has 0 saturated carbocycles. The number of carbonyl (C=O) groups excluding carboxylic acids is 2. The molecule has 124 valence electrons. The molecule has 1 aromatic heterocycles. The van der Waals surface area contributed by atoms with Crippen molar-refractivity contribution >= 4 is 12.0 Å². The van der Waals surface area contributed by atoms with Gasteiger partial charge in [0.25, 0.3) is 0 Å². The van der Waals surface area contributed by atoms with Crippen LogP contribution in [0.5, 0.6) is 0 Å². The minimum absolute atomic E-state index is 0.261. The molecule has 7 heteroatoms. The van der Waals surface area contributed by atoms with Crippen molar-refractivity contribution in [2.75, 3.05) is 7.11 Å². The van der Waals surface area contributed by atoms with Crippen LogP contribution in [0.15, 0.2) is 52.1 Å². The van der Waals surface area contributed by atoms with Crippen molar-refractivity contribution in [3.63, 3.8) is 0 Å². The number of benzene rings is 1. The predicted octanol–water partition coefficient (Wildman–Crippen LogP) is 2.89. The Labute approximate surface area is 137 Å². The summed E-state index contributed by atoms with van der Waals surface area (Å²) < 4.78 is 23.6. The molecule has 0 saturated heterocycles. The molecule has 1 atom stereocenters. The van der Waals surface area contributed by atoms with E-state index >= 15 is 0 Å². The van der Waals surface area contributed by atoms with Gasteiger partial charge in [0.1, 0.15) is 23.4 Å². The van der Waals surface area contributed by atoms with Crippen molar-refractivity contribution in [2.24, 2.45) is 0 Å². The Morgan fingerprint density at radius 3 is 2.58 bits per heavy atom. The molecular weight excluding hydrogens is 315 g/mol. The summed E-state index contributed by atoms with van der Waals surface area (Å²) >= 11 is 0. The van der Waals surface area contributed by atoms with Gasteiger partial charge in [-0.3, -0.25) is 0 Å². The molecule has 6 nitrogen and oxygen atoms in total. The Morgan fingerprint density at radius 1 is 1.21 bits per heavy atom. The minimum Gasteiger partial charge on any atom is -0.466 e. The third-order valence-corrected chi connectivity index (χ3v) is 3.71. The van der Waals surface area contributed by atoms with E-state index in [1.165, 1.54) is 19.2 Å². The van der Waals surface area contributed by atoms with E-state index in [0.29, 0.717) is 22.8 Å². The van der Waals surface area contributed by atoms with E-state index in [1.807, 2.05) is 0 Å². The van der Waals surface area contributed by atoms with Crippen LogP contribution in [0, 0.1) is 5.82 Å². The number of carbonyl (C=O) groups is 2. The van der Waals surface area contributed by atoms with Gasteiger partial charge in [-0.1, -0.05) is 0 Å². The normalized spacial score (nSPS) is 17.3. The van der Waals surface area contributed by atoms with E-state index in [4.69, 9.17) is 9.15 Å². The molecule has 24 heavy (non-hydrogen) atoms. The summed E-state index contributed by atoms with van der Waals surface area (Å²) in [6.45, 7) is 1.61. The summed E-state index contributed by atoms with van der Waals surface area (Å²) in [4.78, 5) is 23.8. The molecule has 0 unspecified atom stereocenters. The molecular formula is C17H15FN2O4. The lowest BCUT2D eigenvalue weighted by Crippen LogP contribution is -2.45. The van der Waals surface area contributed by atoms with Gasteiger partial charge < -0.3 is 19.8 Å². The first kappa shape index (κ1) is 15.8. The molecule has 2 heterocycles. The number of allylic oxidation sites excluding steroid dienone is 1. The van der Waals surface area contributed by atoms with Gasteiger partial charge in [0.05, 0.1) is 12.7 Å². The maximum absolute atomic E-state index is 13.0. The maximum atomic E-state index is 13.0. The molecule has 0 aliphatic carbocycles. The average molecular weight is 330 g/mol. The Balaban J connectivity index is 1.98. The fourth-order valence-electron chi connectivity index (χ4n) is 2.57. The van der Waals surface area contributed by atoms with Crippen molar-refractivity contribution in [3.05, 3.63) is 59.2 Å². The highest BCUT2D eigenvalue weighted by molar-refractivity contribution is 5.94. The van der Waals surface area contributed by atoms with Crippen molar-refractivity contribution in [2.45, 2.75) is 13.0 Å². The molecule has 3 rings (SSSR count). The average Bonchev–Trinajstić information content (AvgIpc) is 3.04. The standard InChI is InChI=1S/C17H15FN2O4/c1-9-14(16(21)23-2)15(20-17(22)19-9)13-8-7-12(24-13)10-3-5-11(18)6-4-10/h3-8,15H,1-2H3,(H2,19,20,22)/t15-/m1/s1. The van der Waals surface area contributed by atoms with Crippen LogP contribution in [-0.4, -0.2) is 19.1 Å². The van der Waals surface area contributed by atoms with Crippen molar-refractivity contribution in [1.29, 1.82) is 0 Å². The number of methoxy groups -OCH3 is 1. The Kier molecular flexibility index (Phi) is 4.07. The highest BCUT2D eigenvalue weighted by Crippen LogP contribution is 2.31. The van der Waals surface area contributed by atoms with Crippen LogP contribution in [-0.2, 0) is 9.53 Å². The number of esters is 1. The number of furan rings is 1. The second-order valence-corrected chi connectivity index (χ2v) is 5.27. The molecule has 0 spiro atoms. The fraction of sp³-hybridized carbons (Fsp3) is 0.176. The second-order valence-electron chi connectivity index (χ2n) is 5.27. The zero-order valence-corrected chi connectivity index (χ0v) is 13.1. The van der Waals surface area contributed by atoms with Crippen LogP contribution in [0.3, 0.4) is 0 Å². The lowest BCUT2D eigenvalue weighted by molar-refractivity contribution is -0.136. The molecule has 0 fully saturated rings. The molecule has 1 aromatic carbocycles. The van der Waals surface area contributed by atoms with Crippen LogP contribution >= 0.6 is 0 Å². The molecule has 1 aliphatic rings. The van der Waals surface area contributed by atoms with Crippen LogP contribution in [0.25, 0.3) is 11.3 Å². The number of halogens is 1. The zero-order chi connectivity index (χ0) is 17.3. The summed E-state index contributed by atoms with van der Waals surface area (Å²) in [7, 11) is 1.27. The lowest BCUT2D eigenvalue weighted by Gasteiger charge is -2.26. The summed E-state index contributed by atoms with van der Waals surface area (Å²) in [5.41, 5.74) is 1.34. The SMILES string of the molecule is COC(=O)C1=C(C)NC(=O)N[C@@H]1c1ccc(-c2ccc(F)cc2)o1. The van der Waals surface area contributed by atoms with Crippen molar-refractivity contribution in [1.82, 2.24) is 10.6 Å². The zero-order valence-electron chi connectivity index (χ0n) is 13.1. The van der Waals surface area contributed by atoms with Crippen molar-refractivity contribution < 1.29 is 23.1 Å². The number of amides is 2. The van der Waals surface area contributed by atoms with E-state index in [-0.39, 0.29) is 11.4 Å². The van der Waals surface area contributed by atoms with Gasteiger partial charge in [-0.2, -0.15) is 0 Å². The smallest absolute Gasteiger partial charge is 0.338 e. The first-order chi connectivity index (χ1) is 11.5. The fourth-order valence-corrected chi connectivity index (χ4v) is 2.57. The molecule has 2 aromatic rings. The largest absolute Gasteiger partial charge is 0.466 e. The predicted molar refractivity (Wildman–Crippen MR) is 83.2 cm³/mol. The summed E-state index contributed by atoms with van der Waals surface area (Å²) in [5, 5.41) is 5.17. The molecule has 0 bridgehead atoms. The van der Waals surface area contributed by atoms with Gasteiger partial charge in [-0.05, 0) is 43.3 Å².